The number of H-pyrrole nitrogens is 2. The highest BCUT2D eigenvalue weighted by Gasteiger charge is 2.38. The molecule has 0 bridgehead atoms. The first-order chi connectivity index (χ1) is 31.8. The average Bonchev–Trinajstić information content (AvgIpc) is 3.86. The van der Waals surface area contributed by atoms with Crippen molar-refractivity contribution in [2.75, 3.05) is 19.1 Å². The van der Waals surface area contributed by atoms with E-state index in [1.807, 2.05) is 18.2 Å². The van der Waals surface area contributed by atoms with Gasteiger partial charge in [0, 0.05) is 75.7 Å². The summed E-state index contributed by atoms with van der Waals surface area (Å²) < 4.78 is 11.9. The highest BCUT2D eigenvalue weighted by atomic mass is 32.2. The van der Waals surface area contributed by atoms with E-state index < -0.39 is 95.4 Å². The summed E-state index contributed by atoms with van der Waals surface area (Å²) in [5.74, 6) is -4.38. The number of aliphatic hydroxyl groups excluding tert-OH is 1. The van der Waals surface area contributed by atoms with E-state index in [2.05, 4.69) is 36.6 Å². The molecule has 1 aliphatic heterocycles. The van der Waals surface area contributed by atoms with Crippen LogP contribution in [0, 0.1) is 0 Å². The molecule has 4 aromatic rings. The van der Waals surface area contributed by atoms with E-state index in [0.29, 0.717) is 16.9 Å². The number of esters is 1. The van der Waals surface area contributed by atoms with E-state index in [9.17, 15) is 53.4 Å². The second kappa shape index (κ2) is 23.2. The lowest BCUT2D eigenvalue weighted by molar-refractivity contribution is -0.140. The Morgan fingerprint density at radius 2 is 1.69 bits per heavy atom. The summed E-state index contributed by atoms with van der Waals surface area (Å²) >= 11 is 1.35. The SMILES string of the molecule is CSCCC(NC(=O)NC(Cc1c[nH]c2ccccc12)C(=O)O)C(=O)NC(C(=O)N/C=C1\C[C@@H](O)[C@H](n2ccc(=O)[nH]c2=O)O1)C(C)N(C)C(=O)C(Cc1cccc(OC(C)=O)c1)NC(C)=O. The van der Waals surface area contributed by atoms with Gasteiger partial charge in [-0.15, -0.1) is 0 Å². The van der Waals surface area contributed by atoms with Gasteiger partial charge in [-0.3, -0.25) is 38.3 Å². The lowest BCUT2D eigenvalue weighted by atomic mass is 10.0. The second-order valence-electron chi connectivity index (χ2n) is 15.7. The molecule has 67 heavy (non-hydrogen) atoms. The molecule has 7 atom stereocenters. The monoisotopic (exact) mass is 947 g/mol. The van der Waals surface area contributed by atoms with Crippen LogP contribution in [0.4, 0.5) is 4.79 Å². The molecule has 2 aromatic heterocycles. The first kappa shape index (κ1) is 50.6. The van der Waals surface area contributed by atoms with Crippen LogP contribution in [-0.2, 0) is 46.3 Å². The maximum absolute atomic E-state index is 14.2. The Morgan fingerprint density at radius 3 is 2.37 bits per heavy atom. The number of hydrogen-bond donors (Lipinski definition) is 9. The van der Waals surface area contributed by atoms with Crippen molar-refractivity contribution in [1.82, 2.24) is 46.0 Å². The molecule has 358 valence electrons. The first-order valence-electron chi connectivity index (χ1n) is 21.0. The number of aromatic amines is 2. The van der Waals surface area contributed by atoms with Gasteiger partial charge in [0.05, 0.1) is 6.04 Å². The van der Waals surface area contributed by atoms with Gasteiger partial charge in [0.2, 0.25) is 29.9 Å². The van der Waals surface area contributed by atoms with Crippen molar-refractivity contribution >= 4 is 64.3 Å². The van der Waals surface area contributed by atoms with Gasteiger partial charge in [-0.2, -0.15) is 11.8 Å². The number of likely N-dealkylation sites (N-methyl/N-ethyl adjacent to an activating group) is 1. The Balaban J connectivity index is 1.39. The second-order valence-corrected chi connectivity index (χ2v) is 16.7. The van der Waals surface area contributed by atoms with Crippen molar-refractivity contribution in [3.8, 4) is 5.75 Å². The fourth-order valence-corrected chi connectivity index (χ4v) is 7.76. The first-order valence-corrected chi connectivity index (χ1v) is 22.3. The summed E-state index contributed by atoms with van der Waals surface area (Å²) in [5, 5.41) is 34.3. The van der Waals surface area contributed by atoms with Crippen LogP contribution in [0.5, 0.6) is 5.75 Å². The maximum Gasteiger partial charge on any atom is 0.331 e. The van der Waals surface area contributed by atoms with Crippen LogP contribution >= 0.6 is 11.8 Å². The largest absolute Gasteiger partial charge is 0.480 e. The number of amides is 6. The molecule has 9 N–H and O–H groups in total. The Hall–Kier alpha value is -7.40. The minimum atomic E-state index is -1.59. The number of aliphatic hydroxyl groups is 1. The number of carboxylic acid groups (broad SMARTS) is 1. The Kier molecular flexibility index (Phi) is 17.5. The number of nitrogens with one attached hydrogen (secondary N) is 7. The zero-order valence-electron chi connectivity index (χ0n) is 37.2. The standard InChI is InChI=1S/C44H53N9O13S/c1-23(52(4)40(60)33(47-24(2)54)18-26-9-8-10-28(17-26)65-25(3)55)37(39(59)46-22-29-20-35(56)41(66-29)53-15-13-36(57)50-44(53)64)51-38(58)32(14-16-67-5)48-43(63)49-34(42(61)62)19-27-21-45-31-12-7-6-11-30(27)31/h6-13,15,17,21-23,32-35,37,41,45,56H,14,16,18-20H2,1-5H3,(H,46,59)(H,47,54)(H,51,58)(H,61,62)(H2,48,49,63)(H,50,57,64)/b29-22+/t23?,32?,33?,34?,35-,37?,41-/m1/s1. The third-order valence-electron chi connectivity index (χ3n) is 10.7. The number of carbonyl (C=O) groups excluding carboxylic acids is 6. The van der Waals surface area contributed by atoms with Gasteiger partial charge in [0.25, 0.3) is 5.56 Å². The molecule has 0 radical (unpaired) electrons. The van der Waals surface area contributed by atoms with Crippen LogP contribution in [0.15, 0.2) is 88.5 Å². The van der Waals surface area contributed by atoms with E-state index >= 15 is 0 Å². The van der Waals surface area contributed by atoms with Crippen molar-refractivity contribution in [2.24, 2.45) is 0 Å². The summed E-state index contributed by atoms with van der Waals surface area (Å²) in [6.45, 7) is 3.89. The molecule has 2 aromatic carbocycles. The minimum Gasteiger partial charge on any atom is -0.480 e. The Morgan fingerprint density at radius 1 is 0.955 bits per heavy atom. The topological polar surface area (TPSA) is 312 Å². The van der Waals surface area contributed by atoms with Gasteiger partial charge in [0.1, 0.15) is 41.8 Å². The molecular weight excluding hydrogens is 895 g/mol. The number of fused-ring (bicyclic) bond motifs is 1. The van der Waals surface area contributed by atoms with Crippen LogP contribution in [0.25, 0.3) is 10.9 Å². The lowest BCUT2D eigenvalue weighted by Crippen LogP contribution is -2.62. The summed E-state index contributed by atoms with van der Waals surface area (Å²) in [7, 11) is 1.35. The van der Waals surface area contributed by atoms with Gasteiger partial charge >= 0.3 is 23.7 Å². The summed E-state index contributed by atoms with van der Waals surface area (Å²) in [6.07, 6.45) is 2.75. The van der Waals surface area contributed by atoms with Crippen LogP contribution < -0.4 is 42.6 Å². The average molecular weight is 948 g/mol. The van der Waals surface area contributed by atoms with E-state index in [0.717, 1.165) is 38.8 Å². The predicted octanol–water partition coefficient (Wildman–Crippen LogP) is 0.377. The summed E-state index contributed by atoms with van der Waals surface area (Å²) in [5.41, 5.74) is 0.387. The molecule has 22 nitrogen and oxygen atoms in total. The Bertz CT molecular complexity index is 2630. The third kappa shape index (κ3) is 13.8. The van der Waals surface area contributed by atoms with Crippen LogP contribution in [0.2, 0.25) is 0 Å². The molecule has 0 saturated carbocycles. The third-order valence-corrected chi connectivity index (χ3v) is 11.4. The van der Waals surface area contributed by atoms with E-state index in [1.165, 1.54) is 51.7 Å². The van der Waals surface area contributed by atoms with Crippen molar-refractivity contribution in [3.05, 3.63) is 111 Å². The smallest absolute Gasteiger partial charge is 0.331 e. The quantitative estimate of drug-likeness (QED) is 0.0428. The number of benzene rings is 2. The molecule has 3 heterocycles. The zero-order valence-corrected chi connectivity index (χ0v) is 38.0. The summed E-state index contributed by atoms with van der Waals surface area (Å²) in [4.78, 5) is 123. The highest BCUT2D eigenvalue weighted by molar-refractivity contribution is 7.98. The number of carboxylic acids is 1. The number of thioether (sulfide) groups is 1. The highest BCUT2D eigenvalue weighted by Crippen LogP contribution is 2.30. The van der Waals surface area contributed by atoms with Crippen molar-refractivity contribution < 1.29 is 53.2 Å². The van der Waals surface area contributed by atoms with E-state index in [4.69, 9.17) is 9.47 Å². The van der Waals surface area contributed by atoms with Crippen molar-refractivity contribution in [3.63, 3.8) is 0 Å². The van der Waals surface area contributed by atoms with Crippen LogP contribution in [-0.4, -0.2) is 127 Å². The van der Waals surface area contributed by atoms with Crippen molar-refractivity contribution in [1.29, 1.82) is 0 Å². The summed E-state index contributed by atoms with van der Waals surface area (Å²) in [6, 6.07) is 6.88. The molecular formula is C44H53N9O13S. The van der Waals surface area contributed by atoms with E-state index in [-0.39, 0.29) is 37.2 Å². The molecule has 0 spiro atoms. The molecule has 1 saturated heterocycles. The molecule has 0 aliphatic carbocycles. The number of nitrogens with zero attached hydrogens (tertiary/aromatic N) is 2. The van der Waals surface area contributed by atoms with Gasteiger partial charge < -0.3 is 56.2 Å². The predicted molar refractivity (Wildman–Crippen MR) is 243 cm³/mol. The lowest BCUT2D eigenvalue weighted by Gasteiger charge is -2.34. The van der Waals surface area contributed by atoms with Gasteiger partial charge in [-0.1, -0.05) is 30.3 Å². The van der Waals surface area contributed by atoms with Crippen molar-refractivity contribution in [2.45, 2.75) is 89.0 Å². The number of rotatable bonds is 20. The number of para-hydroxylation sites is 1. The normalized spacial score (nSPS) is 17.2. The Labute approximate surface area is 387 Å². The molecule has 23 heteroatoms. The zero-order chi connectivity index (χ0) is 48.9. The fourth-order valence-electron chi connectivity index (χ4n) is 7.29. The number of hydrogen-bond acceptors (Lipinski definition) is 13. The number of aliphatic carboxylic acids is 1. The van der Waals surface area contributed by atoms with Gasteiger partial charge in [-0.05, 0) is 54.7 Å². The molecule has 6 amide bonds. The fraction of sp³-hybridized carbons (Fsp3) is 0.386. The minimum absolute atomic E-state index is 0.00428. The molecule has 1 fully saturated rings. The van der Waals surface area contributed by atoms with Crippen LogP contribution in [0.1, 0.15) is 51.0 Å². The number of carbonyl (C=O) groups is 7. The van der Waals surface area contributed by atoms with Crippen LogP contribution in [0.3, 0.4) is 0 Å². The maximum atomic E-state index is 14.2. The number of urea groups is 1. The van der Waals surface area contributed by atoms with Gasteiger partial charge in [0.15, 0.2) is 0 Å². The number of ether oxygens (including phenoxy) is 2. The van der Waals surface area contributed by atoms with Gasteiger partial charge in [-0.25, -0.2) is 14.4 Å². The molecule has 5 rings (SSSR count). The molecule has 5 unspecified atom stereocenters. The van der Waals surface area contributed by atoms with E-state index in [1.54, 1.807) is 30.7 Å². The molecule has 1 aliphatic rings. The number of aromatic nitrogens is 3.